The maximum atomic E-state index is 10.5. The lowest BCUT2D eigenvalue weighted by Gasteiger charge is -2.21. The fraction of sp³-hybridized carbons (Fsp3) is 0.833. The molecule has 0 aromatic rings. The van der Waals surface area contributed by atoms with E-state index >= 15 is 0 Å². The Morgan fingerprint density at radius 1 is 1.32 bits per heavy atom. The molecule has 0 aromatic heterocycles. The molecule has 0 radical (unpaired) electrons. The molecule has 1 aliphatic carbocycles. The lowest BCUT2D eigenvalue weighted by molar-refractivity contribution is 0.0505. The number of allylic oxidation sites excluding steroid dienone is 2. The van der Waals surface area contributed by atoms with Crippen molar-refractivity contribution in [3.05, 3.63) is 12.2 Å². The van der Waals surface area contributed by atoms with Crippen LogP contribution in [0.2, 0.25) is 0 Å². The minimum atomic E-state index is -4.44. The van der Waals surface area contributed by atoms with Gasteiger partial charge in [0.1, 0.15) is 0 Å². The molecule has 1 rings (SSSR count). The van der Waals surface area contributed by atoms with Crippen LogP contribution < -0.4 is 0 Å². The van der Waals surface area contributed by atoms with Crippen molar-refractivity contribution < 1.29 is 24.0 Å². The second kappa shape index (κ2) is 8.84. The van der Waals surface area contributed by atoms with Gasteiger partial charge in [-0.05, 0) is 46.8 Å². The number of phosphoric acid groups is 1. The summed E-state index contributed by atoms with van der Waals surface area (Å²) in [5.74, 6) is 0.160. The molecule has 0 saturated carbocycles. The van der Waals surface area contributed by atoms with E-state index in [4.69, 9.17) is 9.79 Å². The van der Waals surface area contributed by atoms with Gasteiger partial charge in [0.25, 0.3) is 0 Å². The second-order valence-corrected chi connectivity index (χ2v) is 6.45. The Morgan fingerprint density at radius 3 is 2.11 bits per heavy atom. The van der Waals surface area contributed by atoms with Crippen molar-refractivity contribution in [3.63, 3.8) is 0 Å². The summed E-state index contributed by atoms with van der Waals surface area (Å²) in [4.78, 5) is 19.1. The van der Waals surface area contributed by atoms with E-state index in [0.717, 1.165) is 12.8 Å². The van der Waals surface area contributed by atoms with Crippen molar-refractivity contribution in [1.82, 2.24) is 4.90 Å². The van der Waals surface area contributed by atoms with Crippen LogP contribution in [-0.2, 0) is 9.09 Å². The highest BCUT2D eigenvalue weighted by Crippen LogP contribution is 2.38. The van der Waals surface area contributed by atoms with Crippen molar-refractivity contribution in [2.24, 2.45) is 5.92 Å². The van der Waals surface area contributed by atoms with E-state index in [-0.39, 0.29) is 12.3 Å². The van der Waals surface area contributed by atoms with Crippen molar-refractivity contribution in [2.45, 2.75) is 38.4 Å². The van der Waals surface area contributed by atoms with Gasteiger partial charge >= 0.3 is 7.82 Å². The molecule has 0 amide bonds. The van der Waals surface area contributed by atoms with Gasteiger partial charge in [0.15, 0.2) is 0 Å². The predicted octanol–water partition coefficient (Wildman–Crippen LogP) is 1.38. The van der Waals surface area contributed by atoms with E-state index in [9.17, 15) is 9.67 Å². The smallest absolute Gasteiger partial charge is 0.393 e. The Hall–Kier alpha value is -0.230. The zero-order valence-corrected chi connectivity index (χ0v) is 13.0. The summed E-state index contributed by atoms with van der Waals surface area (Å²) in [5.41, 5.74) is 0. The maximum absolute atomic E-state index is 10.5. The van der Waals surface area contributed by atoms with Crippen LogP contribution in [0.1, 0.15) is 26.2 Å². The lowest BCUT2D eigenvalue weighted by atomic mass is 9.96. The van der Waals surface area contributed by atoms with Crippen LogP contribution in [0.15, 0.2) is 12.2 Å². The fourth-order valence-corrected chi connectivity index (χ4v) is 2.32. The number of rotatable bonds is 5. The van der Waals surface area contributed by atoms with E-state index in [1.807, 2.05) is 38.2 Å². The summed E-state index contributed by atoms with van der Waals surface area (Å²) in [7, 11) is 1.56. The van der Waals surface area contributed by atoms with Crippen molar-refractivity contribution in [1.29, 1.82) is 0 Å². The molecule has 1 aliphatic rings. The van der Waals surface area contributed by atoms with Crippen LogP contribution >= 0.6 is 7.82 Å². The van der Waals surface area contributed by atoms with E-state index in [2.05, 4.69) is 4.52 Å². The van der Waals surface area contributed by atoms with Crippen LogP contribution in [0, 0.1) is 5.92 Å². The lowest BCUT2D eigenvalue weighted by Crippen LogP contribution is -2.24. The first kappa shape index (κ1) is 18.8. The Balaban J connectivity index is 0.000000711. The Kier molecular flexibility index (Phi) is 8.74. The average Bonchev–Trinajstić information content (AvgIpc) is 2.64. The summed E-state index contributed by atoms with van der Waals surface area (Å²) < 4.78 is 15.0. The molecule has 0 saturated heterocycles. The van der Waals surface area contributed by atoms with Gasteiger partial charge in [0.05, 0.1) is 12.2 Å². The minimum Gasteiger partial charge on any atom is -0.393 e. The Bertz CT molecular complexity index is 304. The van der Waals surface area contributed by atoms with Crippen molar-refractivity contribution >= 4 is 7.82 Å². The monoisotopic (exact) mass is 295 g/mol. The topological polar surface area (TPSA) is 90.2 Å². The normalized spacial score (nSPS) is 19.2. The molecular weight excluding hydrogens is 269 g/mol. The Morgan fingerprint density at radius 2 is 1.74 bits per heavy atom. The summed E-state index contributed by atoms with van der Waals surface area (Å²) in [6.07, 6.45) is 4.69. The molecule has 0 spiro atoms. The largest absolute Gasteiger partial charge is 0.469 e. The van der Waals surface area contributed by atoms with Gasteiger partial charge in [-0.25, -0.2) is 4.57 Å². The highest BCUT2D eigenvalue weighted by molar-refractivity contribution is 7.46. The van der Waals surface area contributed by atoms with Crippen LogP contribution in [0.5, 0.6) is 0 Å². The van der Waals surface area contributed by atoms with E-state index in [1.165, 1.54) is 0 Å². The van der Waals surface area contributed by atoms with E-state index < -0.39 is 20.0 Å². The first-order chi connectivity index (χ1) is 8.61. The van der Waals surface area contributed by atoms with E-state index in [1.54, 1.807) is 6.92 Å². The second-order valence-electron chi connectivity index (χ2n) is 5.25. The number of hydrogen-bond donors (Lipinski definition) is 3. The zero-order valence-electron chi connectivity index (χ0n) is 12.1. The third-order valence-corrected chi connectivity index (χ3v) is 3.11. The molecule has 0 heterocycles. The van der Waals surface area contributed by atoms with Gasteiger partial charge in [-0.15, -0.1) is 0 Å². The van der Waals surface area contributed by atoms with Crippen LogP contribution in [0.25, 0.3) is 0 Å². The summed E-state index contributed by atoms with van der Waals surface area (Å²) >= 11 is 0. The molecule has 6 nitrogen and oxygen atoms in total. The molecule has 2 atom stereocenters. The number of phosphoric ester groups is 1. The minimum absolute atomic E-state index is 0.160. The van der Waals surface area contributed by atoms with Gasteiger partial charge in [-0.2, -0.15) is 0 Å². The van der Waals surface area contributed by atoms with Gasteiger partial charge in [0.2, 0.25) is 0 Å². The molecule has 0 fully saturated rings. The molecule has 19 heavy (non-hydrogen) atoms. The third kappa shape index (κ3) is 11.3. The van der Waals surface area contributed by atoms with Gasteiger partial charge in [0, 0.05) is 6.42 Å². The molecule has 0 aromatic carbocycles. The molecule has 7 heteroatoms. The molecule has 3 N–H and O–H groups in total. The number of nitrogens with zero attached hydrogens (tertiary/aromatic N) is 1. The average molecular weight is 295 g/mol. The predicted molar refractivity (Wildman–Crippen MR) is 74.7 cm³/mol. The summed E-state index contributed by atoms with van der Waals surface area (Å²) in [6, 6.07) is 0. The third-order valence-electron chi connectivity index (χ3n) is 2.48. The SMILES string of the molecule is CC(CC(O)C1CC=CC1)OP(=O)(O)O.CN(C)C. The maximum Gasteiger partial charge on any atom is 0.469 e. The van der Waals surface area contributed by atoms with Crippen LogP contribution in [0.3, 0.4) is 0 Å². The van der Waals surface area contributed by atoms with Crippen LogP contribution in [0.4, 0.5) is 0 Å². The molecule has 0 bridgehead atoms. The first-order valence-electron chi connectivity index (χ1n) is 6.29. The first-order valence-corrected chi connectivity index (χ1v) is 7.82. The number of hydrogen-bond acceptors (Lipinski definition) is 4. The standard InChI is InChI=1S/C9H17O5P.C3H9N/c1-7(14-15(11,12)13)6-9(10)8-4-2-3-5-8;1-4(2)3/h2-3,7-10H,4-6H2,1H3,(H2,11,12,13);1-3H3. The Labute approximate surface area is 115 Å². The zero-order chi connectivity index (χ0) is 15.1. The highest BCUT2D eigenvalue weighted by Gasteiger charge is 2.25. The quantitative estimate of drug-likeness (QED) is 0.524. The van der Waals surface area contributed by atoms with Crippen LogP contribution in [-0.4, -0.2) is 53.1 Å². The summed E-state index contributed by atoms with van der Waals surface area (Å²) in [6.45, 7) is 1.55. The molecule has 2 unspecified atom stereocenters. The van der Waals surface area contributed by atoms with E-state index in [0.29, 0.717) is 0 Å². The molecule has 0 aliphatic heterocycles. The molecule has 114 valence electrons. The van der Waals surface area contributed by atoms with Gasteiger partial charge in [-0.3, -0.25) is 4.52 Å². The van der Waals surface area contributed by atoms with Gasteiger partial charge < -0.3 is 19.8 Å². The van der Waals surface area contributed by atoms with Gasteiger partial charge in [-0.1, -0.05) is 12.2 Å². The highest BCUT2D eigenvalue weighted by atomic mass is 31.2. The van der Waals surface area contributed by atoms with Crippen molar-refractivity contribution in [2.75, 3.05) is 21.1 Å². The number of aliphatic hydroxyl groups is 1. The fourth-order valence-electron chi connectivity index (χ4n) is 1.76. The van der Waals surface area contributed by atoms with Crippen molar-refractivity contribution in [3.8, 4) is 0 Å². The summed E-state index contributed by atoms with van der Waals surface area (Å²) in [5, 5.41) is 9.74. The number of aliphatic hydroxyl groups excluding tert-OH is 1. The molecular formula is C12H26NO5P.